The molecule has 23 heavy (non-hydrogen) atoms. The van der Waals surface area contributed by atoms with E-state index in [0.717, 1.165) is 11.1 Å². The van der Waals surface area contributed by atoms with E-state index in [1.54, 1.807) is 30.3 Å². The Morgan fingerprint density at radius 3 is 2.30 bits per heavy atom. The molecule has 0 saturated carbocycles. The van der Waals surface area contributed by atoms with Gasteiger partial charge in [0.1, 0.15) is 17.6 Å². The smallest absolute Gasteiger partial charge is 0.348 e. The Kier molecular flexibility index (Phi) is 5.24. The first-order valence-electron chi connectivity index (χ1n) is 7.21. The number of carboxylic acids is 1. The lowest BCUT2D eigenvalue weighted by molar-refractivity contribution is -0.150. The lowest BCUT2D eigenvalue weighted by Gasteiger charge is -2.22. The Morgan fingerprint density at radius 2 is 1.70 bits per heavy atom. The molecular weight excluding hydrogens is 296 g/mol. The van der Waals surface area contributed by atoms with Gasteiger partial charge in [0.05, 0.1) is 7.11 Å². The number of aliphatic carboxylic acids is 1. The van der Waals surface area contributed by atoms with Crippen LogP contribution in [0.3, 0.4) is 0 Å². The zero-order valence-electron chi connectivity index (χ0n) is 13.3. The number of methoxy groups -OCH3 is 1. The van der Waals surface area contributed by atoms with Crippen LogP contribution in [0, 0.1) is 13.8 Å². The number of carboxylic acid groups (broad SMARTS) is 1. The SMILES string of the molecule is COc1cc(C(O)C(Oc2ccccc2C)C(=O)O)ccc1C. The minimum atomic E-state index is -1.41. The van der Waals surface area contributed by atoms with E-state index in [1.807, 2.05) is 26.0 Å². The lowest BCUT2D eigenvalue weighted by Crippen LogP contribution is -2.34. The molecule has 5 heteroatoms. The summed E-state index contributed by atoms with van der Waals surface area (Å²) >= 11 is 0. The van der Waals surface area contributed by atoms with Crippen molar-refractivity contribution in [1.82, 2.24) is 0 Å². The second-order valence-electron chi connectivity index (χ2n) is 5.32. The molecule has 0 aliphatic carbocycles. The molecule has 2 aromatic rings. The molecule has 0 aliphatic rings. The first-order chi connectivity index (χ1) is 10.9. The summed E-state index contributed by atoms with van der Waals surface area (Å²) in [6.45, 7) is 3.68. The minimum absolute atomic E-state index is 0.424. The molecule has 0 aliphatic heterocycles. The maximum Gasteiger partial charge on any atom is 0.348 e. The summed E-state index contributed by atoms with van der Waals surface area (Å²) in [6.07, 6.45) is -2.73. The first kappa shape index (κ1) is 16.8. The second-order valence-corrected chi connectivity index (χ2v) is 5.32. The number of aliphatic hydroxyl groups is 1. The maximum atomic E-state index is 11.5. The Balaban J connectivity index is 2.30. The number of aliphatic hydroxyl groups excluding tert-OH is 1. The molecule has 2 aromatic carbocycles. The van der Waals surface area contributed by atoms with Gasteiger partial charge in [0.2, 0.25) is 6.10 Å². The fourth-order valence-corrected chi connectivity index (χ4v) is 2.27. The third-order valence-corrected chi connectivity index (χ3v) is 3.65. The van der Waals surface area contributed by atoms with Crippen molar-refractivity contribution in [3.05, 3.63) is 59.2 Å². The summed E-state index contributed by atoms with van der Waals surface area (Å²) < 4.78 is 10.8. The molecule has 2 rings (SSSR count). The topological polar surface area (TPSA) is 76.0 Å². The summed E-state index contributed by atoms with van der Waals surface area (Å²) in [4.78, 5) is 11.5. The molecule has 0 aromatic heterocycles. The van der Waals surface area contributed by atoms with Crippen LogP contribution in [0.4, 0.5) is 0 Å². The summed E-state index contributed by atoms with van der Waals surface area (Å²) in [6, 6.07) is 12.1. The molecule has 0 radical (unpaired) electrons. The number of aryl methyl sites for hydroxylation is 2. The Bertz CT molecular complexity index is 696. The fourth-order valence-electron chi connectivity index (χ4n) is 2.27. The van der Waals surface area contributed by atoms with E-state index >= 15 is 0 Å². The summed E-state index contributed by atoms with van der Waals surface area (Å²) in [5, 5.41) is 19.9. The largest absolute Gasteiger partial charge is 0.496 e. The predicted molar refractivity (Wildman–Crippen MR) is 85.9 cm³/mol. The van der Waals surface area contributed by atoms with Crippen molar-refractivity contribution in [2.45, 2.75) is 26.1 Å². The number of ether oxygens (including phenoxy) is 2. The third kappa shape index (κ3) is 3.81. The zero-order valence-corrected chi connectivity index (χ0v) is 13.3. The molecule has 2 atom stereocenters. The molecule has 0 fully saturated rings. The van der Waals surface area contributed by atoms with Gasteiger partial charge < -0.3 is 19.7 Å². The molecule has 2 N–H and O–H groups in total. The highest BCUT2D eigenvalue weighted by Gasteiger charge is 2.30. The van der Waals surface area contributed by atoms with Crippen LogP contribution in [0.2, 0.25) is 0 Å². The van der Waals surface area contributed by atoms with Gasteiger partial charge in [-0.25, -0.2) is 4.79 Å². The molecular formula is C18H20O5. The maximum absolute atomic E-state index is 11.5. The van der Waals surface area contributed by atoms with Crippen LogP contribution in [-0.4, -0.2) is 29.4 Å². The van der Waals surface area contributed by atoms with Crippen LogP contribution >= 0.6 is 0 Å². The van der Waals surface area contributed by atoms with Gasteiger partial charge >= 0.3 is 5.97 Å². The van der Waals surface area contributed by atoms with Gasteiger partial charge in [-0.2, -0.15) is 0 Å². The van der Waals surface area contributed by atoms with Crippen LogP contribution in [0.5, 0.6) is 11.5 Å². The Hall–Kier alpha value is -2.53. The number of hydrogen-bond donors (Lipinski definition) is 2. The summed E-state index contributed by atoms with van der Waals surface area (Å²) in [7, 11) is 1.52. The number of carbonyl (C=O) groups is 1. The van der Waals surface area contributed by atoms with Crippen LogP contribution in [0.25, 0.3) is 0 Å². The van der Waals surface area contributed by atoms with Crippen LogP contribution in [0.15, 0.2) is 42.5 Å². The van der Waals surface area contributed by atoms with Crippen LogP contribution in [0.1, 0.15) is 22.8 Å². The van der Waals surface area contributed by atoms with Gasteiger partial charge in [0.15, 0.2) is 0 Å². The first-order valence-corrected chi connectivity index (χ1v) is 7.21. The Labute approximate surface area is 135 Å². The monoisotopic (exact) mass is 316 g/mol. The third-order valence-electron chi connectivity index (χ3n) is 3.65. The van der Waals surface area contributed by atoms with Gasteiger partial charge in [0.25, 0.3) is 0 Å². The molecule has 0 saturated heterocycles. The van der Waals surface area contributed by atoms with Gasteiger partial charge in [-0.1, -0.05) is 30.3 Å². The highest BCUT2D eigenvalue weighted by Crippen LogP contribution is 2.28. The van der Waals surface area contributed by atoms with Crippen molar-refractivity contribution < 1.29 is 24.5 Å². The number of para-hydroxylation sites is 1. The molecule has 122 valence electrons. The van der Waals surface area contributed by atoms with Gasteiger partial charge in [0, 0.05) is 0 Å². The van der Waals surface area contributed by atoms with Crippen molar-refractivity contribution in [3.63, 3.8) is 0 Å². The Morgan fingerprint density at radius 1 is 1.04 bits per heavy atom. The van der Waals surface area contributed by atoms with Crippen molar-refractivity contribution in [2.24, 2.45) is 0 Å². The highest BCUT2D eigenvalue weighted by molar-refractivity contribution is 5.74. The summed E-state index contributed by atoms with van der Waals surface area (Å²) in [5.41, 5.74) is 2.12. The van der Waals surface area contributed by atoms with Gasteiger partial charge in [-0.15, -0.1) is 0 Å². The van der Waals surface area contributed by atoms with E-state index in [4.69, 9.17) is 9.47 Å². The number of rotatable bonds is 6. The van der Waals surface area contributed by atoms with Crippen LogP contribution < -0.4 is 9.47 Å². The van der Waals surface area contributed by atoms with Crippen LogP contribution in [-0.2, 0) is 4.79 Å². The standard InChI is InChI=1S/C18H20O5/c1-11-6-4-5-7-14(11)23-17(18(20)21)16(19)13-9-8-12(2)15(10-13)22-3/h4-10,16-17,19H,1-3H3,(H,20,21). The molecule has 0 bridgehead atoms. The average molecular weight is 316 g/mol. The predicted octanol–water partition coefficient (Wildman–Crippen LogP) is 2.88. The molecule has 0 heterocycles. The van der Waals surface area contributed by atoms with E-state index in [2.05, 4.69) is 0 Å². The molecule has 5 nitrogen and oxygen atoms in total. The molecule has 0 spiro atoms. The van der Waals surface area contributed by atoms with E-state index in [1.165, 1.54) is 7.11 Å². The zero-order chi connectivity index (χ0) is 17.0. The average Bonchev–Trinajstić information content (AvgIpc) is 2.53. The molecule has 2 unspecified atom stereocenters. The fraction of sp³-hybridized carbons (Fsp3) is 0.278. The van der Waals surface area contributed by atoms with Crippen molar-refractivity contribution in [1.29, 1.82) is 0 Å². The van der Waals surface area contributed by atoms with E-state index < -0.39 is 18.2 Å². The van der Waals surface area contributed by atoms with E-state index in [0.29, 0.717) is 17.1 Å². The molecule has 0 amide bonds. The second kappa shape index (κ2) is 7.15. The normalized spacial score (nSPS) is 13.2. The highest BCUT2D eigenvalue weighted by atomic mass is 16.5. The van der Waals surface area contributed by atoms with Crippen molar-refractivity contribution in [3.8, 4) is 11.5 Å². The van der Waals surface area contributed by atoms with E-state index in [-0.39, 0.29) is 0 Å². The summed E-state index contributed by atoms with van der Waals surface area (Å²) in [5.74, 6) is -0.222. The minimum Gasteiger partial charge on any atom is -0.496 e. The van der Waals surface area contributed by atoms with Crippen molar-refractivity contribution in [2.75, 3.05) is 7.11 Å². The van der Waals surface area contributed by atoms with Gasteiger partial charge in [-0.3, -0.25) is 0 Å². The number of benzene rings is 2. The van der Waals surface area contributed by atoms with Gasteiger partial charge in [-0.05, 0) is 42.7 Å². The quantitative estimate of drug-likeness (QED) is 0.857. The number of hydrogen-bond acceptors (Lipinski definition) is 4. The van der Waals surface area contributed by atoms with E-state index in [9.17, 15) is 15.0 Å². The lowest BCUT2D eigenvalue weighted by atomic mass is 10.0. The van der Waals surface area contributed by atoms with Crippen molar-refractivity contribution >= 4 is 5.97 Å².